The fourth-order valence-corrected chi connectivity index (χ4v) is 0.896. The first kappa shape index (κ1) is 11.5. The van der Waals surface area contributed by atoms with Crippen LogP contribution < -0.4 is 0 Å². The van der Waals surface area contributed by atoms with Gasteiger partial charge >= 0.3 is 0 Å². The van der Waals surface area contributed by atoms with Gasteiger partial charge in [0.25, 0.3) is 0 Å². The van der Waals surface area contributed by atoms with Crippen LogP contribution in [-0.4, -0.2) is 31.6 Å². The van der Waals surface area contributed by atoms with Gasteiger partial charge in [-0.1, -0.05) is 5.16 Å². The van der Waals surface area contributed by atoms with Crippen LogP contribution in [0.3, 0.4) is 0 Å². The monoisotopic (exact) mass is 213 g/mol. The van der Waals surface area contributed by atoms with Gasteiger partial charge in [0.05, 0.1) is 12.8 Å². The molecule has 5 heteroatoms. The van der Waals surface area contributed by atoms with E-state index in [2.05, 4.69) is 5.16 Å². The Morgan fingerprint density at radius 3 is 3.00 bits per heavy atom. The number of oxime groups is 1. The minimum atomic E-state index is -0.439. The van der Waals surface area contributed by atoms with Crippen molar-refractivity contribution in [3.05, 3.63) is 29.6 Å². The predicted octanol–water partition coefficient (Wildman–Crippen LogP) is 1.53. The molecule has 0 aromatic heterocycles. The minimum Gasteiger partial charge on any atom is -0.507 e. The molecule has 0 saturated heterocycles. The third-order valence-electron chi connectivity index (χ3n) is 1.63. The van der Waals surface area contributed by atoms with Gasteiger partial charge in [-0.15, -0.1) is 0 Å². The van der Waals surface area contributed by atoms with Crippen molar-refractivity contribution >= 4 is 6.21 Å². The van der Waals surface area contributed by atoms with Crippen LogP contribution in [0, 0.1) is 5.82 Å². The van der Waals surface area contributed by atoms with E-state index in [9.17, 15) is 9.50 Å². The molecule has 0 atom stereocenters. The van der Waals surface area contributed by atoms with E-state index in [1.54, 1.807) is 7.11 Å². The van der Waals surface area contributed by atoms with Crippen molar-refractivity contribution < 1.29 is 19.1 Å². The van der Waals surface area contributed by atoms with Crippen molar-refractivity contribution in [3.63, 3.8) is 0 Å². The molecule has 0 unspecified atom stereocenters. The highest BCUT2D eigenvalue weighted by Crippen LogP contribution is 2.15. The standard InChI is InChI=1S/C10H12FNO3/c1-14-4-5-15-12-7-8-6-9(11)2-3-10(8)13/h2-3,6-7,13H,4-5H2,1H3/b12-7+. The zero-order valence-corrected chi connectivity index (χ0v) is 8.31. The van der Waals surface area contributed by atoms with E-state index in [0.29, 0.717) is 13.2 Å². The highest BCUT2D eigenvalue weighted by atomic mass is 19.1. The number of rotatable bonds is 5. The topological polar surface area (TPSA) is 51.0 Å². The quantitative estimate of drug-likeness (QED) is 0.458. The fourth-order valence-electron chi connectivity index (χ4n) is 0.896. The number of benzene rings is 1. The van der Waals surface area contributed by atoms with E-state index in [1.165, 1.54) is 24.4 Å². The number of nitrogens with zero attached hydrogens (tertiary/aromatic N) is 1. The highest BCUT2D eigenvalue weighted by Gasteiger charge is 1.99. The lowest BCUT2D eigenvalue weighted by Gasteiger charge is -1.99. The van der Waals surface area contributed by atoms with Gasteiger partial charge in [-0.2, -0.15) is 0 Å². The summed E-state index contributed by atoms with van der Waals surface area (Å²) in [6.07, 6.45) is 1.24. The van der Waals surface area contributed by atoms with Crippen LogP contribution in [0.4, 0.5) is 4.39 Å². The summed E-state index contributed by atoms with van der Waals surface area (Å²) in [4.78, 5) is 4.78. The van der Waals surface area contributed by atoms with Crippen molar-refractivity contribution in [1.82, 2.24) is 0 Å². The number of hydrogen-bond acceptors (Lipinski definition) is 4. The molecule has 0 bridgehead atoms. The molecule has 82 valence electrons. The van der Waals surface area contributed by atoms with E-state index < -0.39 is 5.82 Å². The average Bonchev–Trinajstić information content (AvgIpc) is 2.23. The van der Waals surface area contributed by atoms with Crippen molar-refractivity contribution in [1.29, 1.82) is 0 Å². The Bertz CT molecular complexity index is 341. The number of phenolic OH excluding ortho intramolecular Hbond substituents is 1. The molecule has 0 aliphatic rings. The lowest BCUT2D eigenvalue weighted by atomic mass is 10.2. The Labute approximate surface area is 86.9 Å². The van der Waals surface area contributed by atoms with E-state index in [-0.39, 0.29) is 11.3 Å². The van der Waals surface area contributed by atoms with Crippen LogP contribution in [0.5, 0.6) is 5.75 Å². The third-order valence-corrected chi connectivity index (χ3v) is 1.63. The molecule has 0 fully saturated rings. The number of hydrogen-bond donors (Lipinski definition) is 1. The Hall–Kier alpha value is -1.62. The molecule has 0 aliphatic heterocycles. The number of aromatic hydroxyl groups is 1. The summed E-state index contributed by atoms with van der Waals surface area (Å²) in [5, 5.41) is 12.8. The second-order valence-corrected chi connectivity index (χ2v) is 2.76. The van der Waals surface area contributed by atoms with E-state index in [1.807, 2.05) is 0 Å². The first-order valence-corrected chi connectivity index (χ1v) is 4.37. The predicted molar refractivity (Wildman–Crippen MR) is 53.5 cm³/mol. The summed E-state index contributed by atoms with van der Waals surface area (Å²) in [7, 11) is 1.55. The van der Waals surface area contributed by atoms with Crippen LogP contribution >= 0.6 is 0 Å². The van der Waals surface area contributed by atoms with Crippen LogP contribution in [0.15, 0.2) is 23.4 Å². The summed E-state index contributed by atoms with van der Waals surface area (Å²) in [5.74, 6) is -0.485. The van der Waals surface area contributed by atoms with Crippen molar-refractivity contribution in [3.8, 4) is 5.75 Å². The highest BCUT2D eigenvalue weighted by molar-refractivity contribution is 5.82. The summed E-state index contributed by atoms with van der Waals surface area (Å²) >= 11 is 0. The van der Waals surface area contributed by atoms with Gasteiger partial charge in [-0.3, -0.25) is 0 Å². The van der Waals surface area contributed by atoms with Crippen LogP contribution in [0.1, 0.15) is 5.56 Å². The van der Waals surface area contributed by atoms with Gasteiger partial charge in [0.15, 0.2) is 0 Å². The molecule has 0 spiro atoms. The fraction of sp³-hybridized carbons (Fsp3) is 0.300. The SMILES string of the molecule is COCCO/N=C/c1cc(F)ccc1O. The van der Waals surface area contributed by atoms with Gasteiger partial charge in [0, 0.05) is 12.7 Å². The molecule has 0 radical (unpaired) electrons. The Morgan fingerprint density at radius 1 is 1.47 bits per heavy atom. The summed E-state index contributed by atoms with van der Waals surface area (Å²) < 4.78 is 17.5. The van der Waals surface area contributed by atoms with Gasteiger partial charge < -0.3 is 14.7 Å². The Balaban J connectivity index is 2.52. The Kier molecular flexibility index (Phi) is 4.56. The molecule has 0 saturated carbocycles. The summed E-state index contributed by atoms with van der Waals surface area (Å²) in [5.41, 5.74) is 0.271. The van der Waals surface area contributed by atoms with Gasteiger partial charge in [-0.25, -0.2) is 4.39 Å². The summed E-state index contributed by atoms with van der Waals surface area (Å²) in [6.45, 7) is 0.732. The van der Waals surface area contributed by atoms with E-state index in [0.717, 1.165) is 0 Å². The summed E-state index contributed by atoms with van der Waals surface area (Å²) in [6, 6.07) is 3.59. The maximum Gasteiger partial charge on any atom is 0.140 e. The number of ether oxygens (including phenoxy) is 1. The van der Waals surface area contributed by atoms with Crippen molar-refractivity contribution in [2.75, 3.05) is 20.3 Å². The minimum absolute atomic E-state index is 0.0458. The number of phenols is 1. The van der Waals surface area contributed by atoms with Gasteiger partial charge in [0.2, 0.25) is 0 Å². The maximum absolute atomic E-state index is 12.7. The van der Waals surface area contributed by atoms with E-state index in [4.69, 9.17) is 9.57 Å². The molecule has 0 amide bonds. The zero-order chi connectivity index (χ0) is 11.1. The molecular formula is C10H12FNO3. The molecule has 0 heterocycles. The first-order valence-electron chi connectivity index (χ1n) is 4.37. The number of methoxy groups -OCH3 is 1. The van der Waals surface area contributed by atoms with Gasteiger partial charge in [-0.05, 0) is 18.2 Å². The molecular weight excluding hydrogens is 201 g/mol. The van der Waals surface area contributed by atoms with Crippen LogP contribution in [0.25, 0.3) is 0 Å². The van der Waals surface area contributed by atoms with Crippen LogP contribution in [-0.2, 0) is 9.57 Å². The third kappa shape index (κ3) is 3.95. The largest absolute Gasteiger partial charge is 0.507 e. The second-order valence-electron chi connectivity index (χ2n) is 2.76. The van der Waals surface area contributed by atoms with Crippen molar-refractivity contribution in [2.24, 2.45) is 5.16 Å². The lowest BCUT2D eigenvalue weighted by Crippen LogP contribution is -1.97. The second kappa shape index (κ2) is 5.98. The molecule has 1 aromatic rings. The molecule has 1 rings (SSSR count). The molecule has 1 aromatic carbocycles. The number of halogens is 1. The molecule has 4 nitrogen and oxygen atoms in total. The molecule has 15 heavy (non-hydrogen) atoms. The smallest absolute Gasteiger partial charge is 0.140 e. The average molecular weight is 213 g/mol. The lowest BCUT2D eigenvalue weighted by molar-refractivity contribution is 0.0759. The van der Waals surface area contributed by atoms with Crippen molar-refractivity contribution in [2.45, 2.75) is 0 Å². The van der Waals surface area contributed by atoms with Gasteiger partial charge in [0.1, 0.15) is 18.2 Å². The normalized spacial score (nSPS) is 10.8. The Morgan fingerprint density at radius 2 is 2.27 bits per heavy atom. The molecule has 1 N–H and O–H groups in total. The maximum atomic E-state index is 12.7. The molecule has 0 aliphatic carbocycles. The van der Waals surface area contributed by atoms with E-state index >= 15 is 0 Å². The van der Waals surface area contributed by atoms with Crippen LogP contribution in [0.2, 0.25) is 0 Å². The first-order chi connectivity index (χ1) is 7.24. The zero-order valence-electron chi connectivity index (χ0n) is 8.31.